The molecule has 0 amide bonds. The lowest BCUT2D eigenvalue weighted by atomic mass is 10.2. The lowest BCUT2D eigenvalue weighted by Crippen LogP contribution is -2.41. The Labute approximate surface area is 126 Å². The number of anilines is 2. The summed E-state index contributed by atoms with van der Waals surface area (Å²) in [7, 11) is 0. The molecule has 1 aromatic heterocycles. The zero-order chi connectivity index (χ0) is 15.0. The van der Waals surface area contributed by atoms with E-state index in [4.69, 9.17) is 5.73 Å². The fourth-order valence-corrected chi connectivity index (χ4v) is 3.60. The monoisotopic (exact) mass is 291 g/mol. The molecular weight excluding hydrogens is 266 g/mol. The van der Waals surface area contributed by atoms with Gasteiger partial charge >= 0.3 is 0 Å². The van der Waals surface area contributed by atoms with Crippen molar-refractivity contribution >= 4 is 11.8 Å². The van der Waals surface area contributed by atoms with E-state index in [1.807, 2.05) is 6.92 Å². The van der Waals surface area contributed by atoms with Crippen LogP contribution in [0.2, 0.25) is 0 Å². The van der Waals surface area contributed by atoms with E-state index in [0.717, 1.165) is 43.1 Å². The van der Waals surface area contributed by atoms with Crippen LogP contribution < -0.4 is 10.6 Å². The molecule has 116 valence electrons. The minimum Gasteiger partial charge on any atom is -0.390 e. The summed E-state index contributed by atoms with van der Waals surface area (Å²) in [5, 5.41) is 10.4. The first-order chi connectivity index (χ1) is 10.1. The van der Waals surface area contributed by atoms with Crippen LogP contribution in [-0.2, 0) is 6.42 Å². The molecule has 2 fully saturated rings. The van der Waals surface area contributed by atoms with E-state index in [0.29, 0.717) is 12.5 Å². The van der Waals surface area contributed by atoms with Gasteiger partial charge in [-0.05, 0) is 39.3 Å². The number of β-amino-alcohol motifs (C(OH)–C–C–N with tert-alkyl or cyclic N) is 1. The molecule has 2 saturated heterocycles. The van der Waals surface area contributed by atoms with E-state index in [1.165, 1.54) is 12.8 Å². The zero-order valence-electron chi connectivity index (χ0n) is 12.9. The number of aliphatic hydroxyl groups is 1. The normalized spacial score (nSPS) is 26.7. The van der Waals surface area contributed by atoms with Gasteiger partial charge in [0.15, 0.2) is 0 Å². The van der Waals surface area contributed by atoms with Crippen molar-refractivity contribution in [3.05, 3.63) is 11.3 Å². The summed E-state index contributed by atoms with van der Waals surface area (Å²) in [6.45, 7) is 7.76. The summed E-state index contributed by atoms with van der Waals surface area (Å²) < 4.78 is 0. The van der Waals surface area contributed by atoms with Gasteiger partial charge in [-0.15, -0.1) is 0 Å². The van der Waals surface area contributed by atoms with Crippen molar-refractivity contribution in [2.24, 2.45) is 0 Å². The molecule has 2 aliphatic rings. The van der Waals surface area contributed by atoms with Crippen LogP contribution in [0.25, 0.3) is 0 Å². The average Bonchev–Trinajstić information content (AvgIpc) is 3.10. The minimum absolute atomic E-state index is 0.216. The summed E-state index contributed by atoms with van der Waals surface area (Å²) in [5.41, 5.74) is 7.92. The van der Waals surface area contributed by atoms with Crippen LogP contribution in [0.3, 0.4) is 0 Å². The van der Waals surface area contributed by atoms with Gasteiger partial charge in [-0.2, -0.15) is 4.98 Å². The van der Waals surface area contributed by atoms with Crippen molar-refractivity contribution in [2.75, 3.05) is 36.8 Å². The van der Waals surface area contributed by atoms with Gasteiger partial charge in [-0.1, -0.05) is 6.92 Å². The summed E-state index contributed by atoms with van der Waals surface area (Å²) in [6, 6.07) is 0.216. The molecule has 3 rings (SSSR count). The van der Waals surface area contributed by atoms with Crippen molar-refractivity contribution in [2.45, 2.75) is 45.3 Å². The minimum atomic E-state index is -0.316. The maximum absolute atomic E-state index is 10.4. The summed E-state index contributed by atoms with van der Waals surface area (Å²) in [5.74, 6) is 1.21. The van der Waals surface area contributed by atoms with Gasteiger partial charge in [-0.3, -0.25) is 4.90 Å². The van der Waals surface area contributed by atoms with Gasteiger partial charge in [0, 0.05) is 18.7 Å². The number of nitrogens with zero attached hydrogens (tertiary/aromatic N) is 4. The van der Waals surface area contributed by atoms with E-state index in [9.17, 15) is 5.11 Å². The molecular formula is C15H25N5O. The molecule has 0 aromatic carbocycles. The first-order valence-electron chi connectivity index (χ1n) is 7.90. The Balaban J connectivity index is 1.83. The Bertz CT molecular complexity index is 515. The number of rotatable bonds is 3. The fraction of sp³-hybridized carbons (Fsp3) is 0.733. The largest absolute Gasteiger partial charge is 0.390 e. The molecule has 6 heteroatoms. The predicted octanol–water partition coefficient (Wildman–Crippen LogP) is 0.575. The van der Waals surface area contributed by atoms with Crippen molar-refractivity contribution in [3.63, 3.8) is 0 Å². The van der Waals surface area contributed by atoms with E-state index in [-0.39, 0.29) is 12.1 Å². The first kappa shape index (κ1) is 14.5. The number of nitrogen functional groups attached to an aromatic ring is 1. The van der Waals surface area contributed by atoms with Gasteiger partial charge in [0.25, 0.3) is 0 Å². The van der Waals surface area contributed by atoms with Crippen molar-refractivity contribution in [1.82, 2.24) is 14.9 Å². The van der Waals surface area contributed by atoms with Crippen LogP contribution in [0.15, 0.2) is 0 Å². The van der Waals surface area contributed by atoms with Gasteiger partial charge in [-0.25, -0.2) is 4.98 Å². The second kappa shape index (κ2) is 5.77. The zero-order valence-corrected chi connectivity index (χ0v) is 12.9. The smallest absolute Gasteiger partial charge is 0.222 e. The summed E-state index contributed by atoms with van der Waals surface area (Å²) in [4.78, 5) is 13.3. The predicted molar refractivity (Wildman–Crippen MR) is 83.4 cm³/mol. The SMILES string of the molecule is CCc1nc(N)nc(N2C[C@H](O)[C@@H](N3CCCC3)C2)c1C. The Kier molecular flexibility index (Phi) is 3.99. The Morgan fingerprint density at radius 1 is 1.24 bits per heavy atom. The van der Waals surface area contributed by atoms with E-state index < -0.39 is 0 Å². The van der Waals surface area contributed by atoms with Crippen LogP contribution in [0.4, 0.5) is 11.8 Å². The molecule has 2 atom stereocenters. The molecule has 0 bridgehead atoms. The maximum atomic E-state index is 10.4. The molecule has 3 heterocycles. The molecule has 0 spiro atoms. The third-order valence-corrected chi connectivity index (χ3v) is 4.74. The topological polar surface area (TPSA) is 78.5 Å². The molecule has 0 radical (unpaired) electrons. The highest BCUT2D eigenvalue weighted by molar-refractivity contribution is 5.52. The Hall–Kier alpha value is -1.40. The number of aliphatic hydroxyl groups excluding tert-OH is 1. The number of nitrogens with two attached hydrogens (primary N) is 1. The highest BCUT2D eigenvalue weighted by atomic mass is 16.3. The third-order valence-electron chi connectivity index (χ3n) is 4.74. The van der Waals surface area contributed by atoms with E-state index in [1.54, 1.807) is 0 Å². The average molecular weight is 291 g/mol. The van der Waals surface area contributed by atoms with Crippen molar-refractivity contribution < 1.29 is 5.11 Å². The van der Waals surface area contributed by atoms with Gasteiger partial charge in [0.2, 0.25) is 5.95 Å². The standard InChI is InChI=1S/C15H25N5O/c1-3-11-10(2)14(18-15(16)17-11)20-8-12(13(21)9-20)19-6-4-5-7-19/h12-13,21H,3-9H2,1-2H3,(H2,16,17,18)/t12-,13-/m0/s1. The fourth-order valence-electron chi connectivity index (χ4n) is 3.60. The maximum Gasteiger partial charge on any atom is 0.222 e. The van der Waals surface area contributed by atoms with Crippen molar-refractivity contribution in [3.8, 4) is 0 Å². The van der Waals surface area contributed by atoms with E-state index >= 15 is 0 Å². The lowest BCUT2D eigenvalue weighted by molar-refractivity contribution is 0.0986. The van der Waals surface area contributed by atoms with Crippen LogP contribution >= 0.6 is 0 Å². The molecule has 6 nitrogen and oxygen atoms in total. The number of aromatic nitrogens is 2. The Morgan fingerprint density at radius 2 is 1.95 bits per heavy atom. The van der Waals surface area contributed by atoms with Crippen LogP contribution in [0.1, 0.15) is 31.0 Å². The molecule has 3 N–H and O–H groups in total. The summed E-state index contributed by atoms with van der Waals surface area (Å²) >= 11 is 0. The second-order valence-electron chi connectivity index (χ2n) is 6.11. The lowest BCUT2D eigenvalue weighted by Gasteiger charge is -2.26. The molecule has 0 aliphatic carbocycles. The van der Waals surface area contributed by atoms with Gasteiger partial charge < -0.3 is 15.7 Å². The highest BCUT2D eigenvalue weighted by Crippen LogP contribution is 2.28. The van der Waals surface area contributed by atoms with Crippen LogP contribution in [0, 0.1) is 6.92 Å². The Morgan fingerprint density at radius 3 is 2.62 bits per heavy atom. The molecule has 0 unspecified atom stereocenters. The van der Waals surface area contributed by atoms with Crippen LogP contribution in [0.5, 0.6) is 0 Å². The summed E-state index contributed by atoms with van der Waals surface area (Å²) in [6.07, 6.45) is 3.01. The molecule has 21 heavy (non-hydrogen) atoms. The second-order valence-corrected chi connectivity index (χ2v) is 6.11. The quantitative estimate of drug-likeness (QED) is 0.848. The van der Waals surface area contributed by atoms with E-state index in [2.05, 4.69) is 26.7 Å². The molecule has 1 aromatic rings. The third kappa shape index (κ3) is 2.70. The van der Waals surface area contributed by atoms with Crippen molar-refractivity contribution in [1.29, 1.82) is 0 Å². The number of aryl methyl sites for hydroxylation is 1. The first-order valence-corrected chi connectivity index (χ1v) is 7.90. The number of hydrogen-bond acceptors (Lipinski definition) is 6. The molecule has 0 saturated carbocycles. The highest BCUT2D eigenvalue weighted by Gasteiger charge is 2.37. The molecule has 2 aliphatic heterocycles. The number of likely N-dealkylation sites (tertiary alicyclic amines) is 1. The van der Waals surface area contributed by atoms with Crippen LogP contribution in [-0.4, -0.2) is 58.3 Å². The van der Waals surface area contributed by atoms with Gasteiger partial charge in [0.1, 0.15) is 5.82 Å². The number of hydrogen-bond donors (Lipinski definition) is 2. The van der Waals surface area contributed by atoms with Gasteiger partial charge in [0.05, 0.1) is 17.8 Å².